The van der Waals surface area contributed by atoms with E-state index in [1.807, 2.05) is 41.1 Å². The van der Waals surface area contributed by atoms with Crippen LogP contribution in [-0.4, -0.2) is 22.4 Å². The Bertz CT molecular complexity index is 1610. The number of benzene rings is 3. The molecule has 1 aliphatic heterocycles. The fourth-order valence-corrected chi connectivity index (χ4v) is 4.72. The van der Waals surface area contributed by atoms with E-state index in [0.29, 0.717) is 38.4 Å². The summed E-state index contributed by atoms with van der Waals surface area (Å²) in [7, 11) is 0. The highest BCUT2D eigenvalue weighted by Gasteiger charge is 2.37. The summed E-state index contributed by atoms with van der Waals surface area (Å²) in [6.07, 6.45) is 3.36. The molecule has 0 aliphatic carbocycles. The third kappa shape index (κ3) is 4.28. The molecule has 1 aromatic heterocycles. The van der Waals surface area contributed by atoms with Crippen LogP contribution in [0.5, 0.6) is 0 Å². The number of para-hydroxylation sites is 1. The standard InChI is InChI=1S/C27H18Cl3N3O3/c1-15-20(28)6-4-8-23(15)33-26(35)19(25(34)31-27(33)36)12-17-14-32(24-7-3-2-5-18(17)24)13-16-9-10-21(29)22(30)11-16/h2-12,14H,13H2,1H3,(H,31,34,36)/b19-12+. The van der Waals surface area contributed by atoms with Gasteiger partial charge in [-0.1, -0.05) is 65.1 Å². The molecule has 3 aromatic carbocycles. The number of nitrogens with zero attached hydrogens (tertiary/aromatic N) is 2. The number of imide groups is 2. The molecular formula is C27H18Cl3N3O3. The molecular weight excluding hydrogens is 521 g/mol. The Morgan fingerprint density at radius 2 is 1.67 bits per heavy atom. The van der Waals surface area contributed by atoms with Gasteiger partial charge in [-0.2, -0.15) is 0 Å². The van der Waals surface area contributed by atoms with E-state index in [-0.39, 0.29) is 5.57 Å². The smallest absolute Gasteiger partial charge is 0.335 e. The van der Waals surface area contributed by atoms with Crippen LogP contribution in [0.25, 0.3) is 17.0 Å². The van der Waals surface area contributed by atoms with E-state index in [1.165, 1.54) is 6.08 Å². The maximum atomic E-state index is 13.4. The van der Waals surface area contributed by atoms with Crippen molar-refractivity contribution in [2.24, 2.45) is 0 Å². The van der Waals surface area contributed by atoms with Gasteiger partial charge in [0.05, 0.1) is 15.7 Å². The second kappa shape index (κ2) is 9.47. The van der Waals surface area contributed by atoms with Gasteiger partial charge in [0.15, 0.2) is 0 Å². The fraction of sp³-hybridized carbons (Fsp3) is 0.0741. The third-order valence-corrected chi connectivity index (χ3v) is 7.19. The van der Waals surface area contributed by atoms with Gasteiger partial charge in [0.1, 0.15) is 5.57 Å². The van der Waals surface area contributed by atoms with Crippen LogP contribution in [0.3, 0.4) is 0 Å². The molecule has 0 bridgehead atoms. The highest BCUT2D eigenvalue weighted by atomic mass is 35.5. The molecule has 2 heterocycles. The molecule has 4 amide bonds. The average molecular weight is 539 g/mol. The molecule has 0 radical (unpaired) electrons. The molecule has 1 N–H and O–H groups in total. The maximum absolute atomic E-state index is 13.4. The molecule has 5 rings (SSSR count). The molecule has 0 saturated carbocycles. The van der Waals surface area contributed by atoms with E-state index in [1.54, 1.807) is 37.3 Å². The van der Waals surface area contributed by atoms with Crippen molar-refractivity contribution in [3.63, 3.8) is 0 Å². The van der Waals surface area contributed by atoms with Crippen molar-refractivity contribution in [2.45, 2.75) is 13.5 Å². The maximum Gasteiger partial charge on any atom is 0.335 e. The van der Waals surface area contributed by atoms with Gasteiger partial charge in [-0.05, 0) is 54.5 Å². The van der Waals surface area contributed by atoms with Crippen LogP contribution in [0.1, 0.15) is 16.7 Å². The molecule has 36 heavy (non-hydrogen) atoms. The van der Waals surface area contributed by atoms with Crippen molar-refractivity contribution in [2.75, 3.05) is 4.90 Å². The molecule has 6 nitrogen and oxygen atoms in total. The Morgan fingerprint density at radius 3 is 2.44 bits per heavy atom. The molecule has 0 atom stereocenters. The summed E-state index contributed by atoms with van der Waals surface area (Å²) in [5, 5.41) is 4.44. The molecule has 180 valence electrons. The number of amides is 4. The molecule has 0 spiro atoms. The van der Waals surface area contributed by atoms with Gasteiger partial charge in [0, 0.05) is 34.2 Å². The van der Waals surface area contributed by atoms with E-state index < -0.39 is 17.8 Å². The zero-order chi connectivity index (χ0) is 25.6. The first kappa shape index (κ1) is 24.1. The Labute approximate surface area is 221 Å². The van der Waals surface area contributed by atoms with Gasteiger partial charge in [-0.3, -0.25) is 14.9 Å². The van der Waals surface area contributed by atoms with Crippen LogP contribution < -0.4 is 10.2 Å². The number of carbonyl (C=O) groups excluding carboxylic acids is 3. The van der Waals surface area contributed by atoms with Crippen molar-refractivity contribution >= 4 is 75.3 Å². The lowest BCUT2D eigenvalue weighted by molar-refractivity contribution is -0.122. The Morgan fingerprint density at radius 1 is 0.889 bits per heavy atom. The number of nitrogens with one attached hydrogen (secondary N) is 1. The number of hydrogen-bond donors (Lipinski definition) is 1. The number of halogens is 3. The largest absolute Gasteiger partial charge is 0.342 e. The predicted molar refractivity (Wildman–Crippen MR) is 143 cm³/mol. The highest BCUT2D eigenvalue weighted by molar-refractivity contribution is 6.42. The van der Waals surface area contributed by atoms with Crippen molar-refractivity contribution in [3.8, 4) is 0 Å². The summed E-state index contributed by atoms with van der Waals surface area (Å²) < 4.78 is 2.00. The van der Waals surface area contributed by atoms with Crippen LogP contribution in [0, 0.1) is 6.92 Å². The number of urea groups is 1. The van der Waals surface area contributed by atoms with Crippen LogP contribution in [0.2, 0.25) is 15.1 Å². The topological polar surface area (TPSA) is 71.4 Å². The van der Waals surface area contributed by atoms with Crippen LogP contribution in [0.4, 0.5) is 10.5 Å². The lowest BCUT2D eigenvalue weighted by atomic mass is 10.1. The summed E-state index contributed by atoms with van der Waals surface area (Å²) in [5.41, 5.74) is 3.19. The zero-order valence-corrected chi connectivity index (χ0v) is 21.2. The average Bonchev–Trinajstić information content (AvgIpc) is 3.19. The third-order valence-electron chi connectivity index (χ3n) is 6.04. The minimum Gasteiger partial charge on any atom is -0.342 e. The van der Waals surface area contributed by atoms with E-state index >= 15 is 0 Å². The van der Waals surface area contributed by atoms with Crippen LogP contribution in [-0.2, 0) is 16.1 Å². The van der Waals surface area contributed by atoms with Crippen LogP contribution >= 0.6 is 34.8 Å². The van der Waals surface area contributed by atoms with Crippen molar-refractivity contribution < 1.29 is 14.4 Å². The van der Waals surface area contributed by atoms with Crippen molar-refractivity contribution in [1.82, 2.24) is 9.88 Å². The summed E-state index contributed by atoms with van der Waals surface area (Å²) in [6.45, 7) is 2.20. The van der Waals surface area contributed by atoms with Gasteiger partial charge >= 0.3 is 6.03 Å². The van der Waals surface area contributed by atoms with Gasteiger partial charge in [0.2, 0.25) is 0 Å². The second-order valence-corrected chi connectivity index (χ2v) is 9.54. The molecule has 4 aromatic rings. The van der Waals surface area contributed by atoms with Gasteiger partial charge in [-0.15, -0.1) is 0 Å². The number of carbonyl (C=O) groups is 3. The van der Waals surface area contributed by atoms with E-state index in [4.69, 9.17) is 34.8 Å². The van der Waals surface area contributed by atoms with E-state index in [0.717, 1.165) is 21.4 Å². The highest BCUT2D eigenvalue weighted by Crippen LogP contribution is 2.31. The minimum atomic E-state index is -0.824. The summed E-state index contributed by atoms with van der Waals surface area (Å²) >= 11 is 18.4. The first-order valence-electron chi connectivity index (χ1n) is 10.9. The van der Waals surface area contributed by atoms with Gasteiger partial charge in [-0.25, -0.2) is 9.69 Å². The number of anilines is 1. The minimum absolute atomic E-state index is 0.161. The number of fused-ring (bicyclic) bond motifs is 1. The molecule has 1 fully saturated rings. The number of barbiturate groups is 1. The monoisotopic (exact) mass is 537 g/mol. The molecule has 9 heteroatoms. The van der Waals surface area contributed by atoms with Gasteiger partial charge in [0.25, 0.3) is 11.8 Å². The Kier molecular flexibility index (Phi) is 6.35. The zero-order valence-electron chi connectivity index (χ0n) is 18.9. The molecule has 1 aliphatic rings. The fourth-order valence-electron chi connectivity index (χ4n) is 4.23. The first-order chi connectivity index (χ1) is 17.2. The number of hydrogen-bond acceptors (Lipinski definition) is 3. The molecule has 1 saturated heterocycles. The SMILES string of the molecule is Cc1c(Cl)cccc1N1C(=O)NC(=O)/C(=C\c2cn(Cc3ccc(Cl)c(Cl)c3)c3ccccc23)C1=O. The van der Waals surface area contributed by atoms with Crippen molar-refractivity contribution in [1.29, 1.82) is 0 Å². The number of aromatic nitrogens is 1. The number of rotatable bonds is 4. The Hall–Kier alpha value is -3.58. The normalized spacial score (nSPS) is 15.2. The quantitative estimate of drug-likeness (QED) is 0.234. The second-order valence-electron chi connectivity index (χ2n) is 8.32. The lowest BCUT2D eigenvalue weighted by Gasteiger charge is -2.27. The van der Waals surface area contributed by atoms with E-state index in [2.05, 4.69) is 5.32 Å². The first-order valence-corrected chi connectivity index (χ1v) is 12.1. The van der Waals surface area contributed by atoms with Crippen molar-refractivity contribution in [3.05, 3.63) is 104 Å². The lowest BCUT2D eigenvalue weighted by Crippen LogP contribution is -2.54. The molecule has 0 unspecified atom stereocenters. The summed E-state index contributed by atoms with van der Waals surface area (Å²) in [5.74, 6) is -1.49. The van der Waals surface area contributed by atoms with E-state index in [9.17, 15) is 14.4 Å². The summed E-state index contributed by atoms with van der Waals surface area (Å²) in [6, 6.07) is 17.1. The van der Waals surface area contributed by atoms with Crippen LogP contribution in [0.15, 0.2) is 72.4 Å². The predicted octanol–water partition coefficient (Wildman–Crippen LogP) is 6.62. The summed E-state index contributed by atoms with van der Waals surface area (Å²) in [4.78, 5) is 39.7. The Balaban J connectivity index is 1.58. The van der Waals surface area contributed by atoms with Gasteiger partial charge < -0.3 is 4.57 Å².